The van der Waals surface area contributed by atoms with Crippen LogP contribution in [0, 0.1) is 5.92 Å². The molecule has 18 heavy (non-hydrogen) atoms. The van der Waals surface area contributed by atoms with Gasteiger partial charge in [-0.05, 0) is 44.2 Å². The molecule has 2 atom stereocenters. The standard InChI is InChI=1S/C15H20O3/c1-15(2,3)18-14(17)13-8-12(13)11-6-4-10(9-16)5-7-11/h4-7,12-13,16H,8-9H2,1-3H3/t12-,13+/m0/s1. The van der Waals surface area contributed by atoms with E-state index in [0.717, 1.165) is 17.5 Å². The number of aliphatic hydroxyl groups excluding tert-OH is 1. The zero-order valence-electron chi connectivity index (χ0n) is 11.1. The molecule has 0 unspecified atom stereocenters. The van der Waals surface area contributed by atoms with Gasteiger partial charge in [0.2, 0.25) is 0 Å². The zero-order chi connectivity index (χ0) is 13.3. The summed E-state index contributed by atoms with van der Waals surface area (Å²) in [6.07, 6.45) is 0.868. The topological polar surface area (TPSA) is 46.5 Å². The summed E-state index contributed by atoms with van der Waals surface area (Å²) < 4.78 is 5.38. The molecule has 1 aromatic rings. The van der Waals surface area contributed by atoms with Gasteiger partial charge in [0.15, 0.2) is 0 Å². The number of hydrogen-bond acceptors (Lipinski definition) is 3. The van der Waals surface area contributed by atoms with Crippen LogP contribution in [0.15, 0.2) is 24.3 Å². The average Bonchev–Trinajstić information content (AvgIpc) is 3.07. The fourth-order valence-electron chi connectivity index (χ4n) is 2.07. The lowest BCUT2D eigenvalue weighted by molar-refractivity contribution is -0.156. The van der Waals surface area contributed by atoms with Gasteiger partial charge in [-0.1, -0.05) is 24.3 Å². The van der Waals surface area contributed by atoms with Crippen molar-refractivity contribution in [2.24, 2.45) is 5.92 Å². The molecular weight excluding hydrogens is 228 g/mol. The lowest BCUT2D eigenvalue weighted by Crippen LogP contribution is -2.25. The van der Waals surface area contributed by atoms with Gasteiger partial charge in [-0.2, -0.15) is 0 Å². The van der Waals surface area contributed by atoms with E-state index in [1.54, 1.807) is 0 Å². The fourth-order valence-corrected chi connectivity index (χ4v) is 2.07. The van der Waals surface area contributed by atoms with E-state index in [0.29, 0.717) is 0 Å². The molecule has 0 aliphatic heterocycles. The molecule has 1 N–H and O–H groups in total. The first kappa shape index (κ1) is 13.1. The molecule has 98 valence electrons. The van der Waals surface area contributed by atoms with Crippen LogP contribution in [0.2, 0.25) is 0 Å². The summed E-state index contributed by atoms with van der Waals surface area (Å²) in [4.78, 5) is 11.9. The number of carbonyl (C=O) groups is 1. The predicted octanol–water partition coefficient (Wildman–Crippen LogP) is 2.62. The molecule has 3 nitrogen and oxygen atoms in total. The number of esters is 1. The minimum absolute atomic E-state index is 0.00389. The first-order chi connectivity index (χ1) is 8.40. The van der Waals surface area contributed by atoms with Crippen molar-refractivity contribution in [2.75, 3.05) is 0 Å². The predicted molar refractivity (Wildman–Crippen MR) is 69.1 cm³/mol. The molecule has 0 amide bonds. The van der Waals surface area contributed by atoms with Gasteiger partial charge in [0.05, 0.1) is 12.5 Å². The summed E-state index contributed by atoms with van der Waals surface area (Å²) in [5, 5.41) is 8.98. The van der Waals surface area contributed by atoms with E-state index in [4.69, 9.17) is 9.84 Å². The zero-order valence-corrected chi connectivity index (χ0v) is 11.1. The summed E-state index contributed by atoms with van der Waals surface area (Å²) in [5.74, 6) is 0.190. The van der Waals surface area contributed by atoms with Crippen LogP contribution >= 0.6 is 0 Å². The molecular formula is C15H20O3. The van der Waals surface area contributed by atoms with Crippen LogP contribution in [0.4, 0.5) is 0 Å². The Hall–Kier alpha value is -1.35. The van der Waals surface area contributed by atoms with Crippen molar-refractivity contribution < 1.29 is 14.6 Å². The van der Waals surface area contributed by atoms with Crippen LogP contribution in [-0.2, 0) is 16.1 Å². The summed E-state index contributed by atoms with van der Waals surface area (Å²) in [6.45, 7) is 5.72. The molecule has 1 aliphatic rings. The number of rotatable bonds is 3. The Labute approximate surface area is 108 Å². The van der Waals surface area contributed by atoms with Crippen LogP contribution in [0.1, 0.15) is 44.2 Å². The lowest BCUT2D eigenvalue weighted by atomic mass is 10.1. The highest BCUT2D eigenvalue weighted by molar-refractivity contribution is 5.77. The van der Waals surface area contributed by atoms with E-state index in [-0.39, 0.29) is 24.4 Å². The molecule has 0 aromatic heterocycles. The number of ether oxygens (including phenoxy) is 1. The average molecular weight is 248 g/mol. The maximum absolute atomic E-state index is 11.9. The van der Waals surface area contributed by atoms with Crippen molar-refractivity contribution in [3.05, 3.63) is 35.4 Å². The van der Waals surface area contributed by atoms with Gasteiger partial charge in [-0.25, -0.2) is 0 Å². The minimum Gasteiger partial charge on any atom is -0.460 e. The molecule has 2 rings (SSSR count). The Morgan fingerprint density at radius 1 is 1.33 bits per heavy atom. The second kappa shape index (κ2) is 4.73. The fraction of sp³-hybridized carbons (Fsp3) is 0.533. The Kier molecular flexibility index (Phi) is 3.44. The molecule has 1 aliphatic carbocycles. The van der Waals surface area contributed by atoms with Gasteiger partial charge in [0, 0.05) is 0 Å². The normalized spacial score (nSPS) is 22.7. The molecule has 0 saturated heterocycles. The summed E-state index contributed by atoms with van der Waals surface area (Å²) in [6, 6.07) is 7.78. The number of carbonyl (C=O) groups excluding carboxylic acids is 1. The van der Waals surface area contributed by atoms with Crippen LogP contribution < -0.4 is 0 Å². The maximum atomic E-state index is 11.9. The van der Waals surface area contributed by atoms with Crippen LogP contribution in [0.25, 0.3) is 0 Å². The minimum atomic E-state index is -0.412. The Morgan fingerprint density at radius 3 is 2.44 bits per heavy atom. The van der Waals surface area contributed by atoms with Crippen molar-refractivity contribution >= 4 is 5.97 Å². The molecule has 0 radical (unpaired) electrons. The highest BCUT2D eigenvalue weighted by atomic mass is 16.6. The van der Waals surface area contributed by atoms with Crippen LogP contribution in [0.3, 0.4) is 0 Å². The number of aliphatic hydroxyl groups is 1. The van der Waals surface area contributed by atoms with Gasteiger partial charge in [0.25, 0.3) is 0 Å². The highest BCUT2D eigenvalue weighted by Crippen LogP contribution is 2.48. The molecule has 1 fully saturated rings. The Bertz CT molecular complexity index is 428. The molecule has 0 bridgehead atoms. The molecule has 1 saturated carbocycles. The van der Waals surface area contributed by atoms with Gasteiger partial charge in [-0.3, -0.25) is 4.79 Å². The van der Waals surface area contributed by atoms with Crippen LogP contribution in [0.5, 0.6) is 0 Å². The summed E-state index contributed by atoms with van der Waals surface area (Å²) in [7, 11) is 0. The van der Waals surface area contributed by atoms with Gasteiger partial charge in [-0.15, -0.1) is 0 Å². The highest BCUT2D eigenvalue weighted by Gasteiger charge is 2.46. The summed E-state index contributed by atoms with van der Waals surface area (Å²) >= 11 is 0. The quantitative estimate of drug-likeness (QED) is 0.836. The molecule has 3 heteroatoms. The Morgan fingerprint density at radius 2 is 1.94 bits per heavy atom. The third-order valence-electron chi connectivity index (χ3n) is 3.09. The van der Waals surface area contributed by atoms with E-state index in [9.17, 15) is 4.79 Å². The van der Waals surface area contributed by atoms with Crippen LogP contribution in [-0.4, -0.2) is 16.7 Å². The first-order valence-corrected chi connectivity index (χ1v) is 6.33. The smallest absolute Gasteiger partial charge is 0.310 e. The largest absolute Gasteiger partial charge is 0.460 e. The van der Waals surface area contributed by atoms with E-state index in [1.165, 1.54) is 0 Å². The maximum Gasteiger partial charge on any atom is 0.310 e. The number of benzene rings is 1. The van der Waals surface area contributed by atoms with Crippen molar-refractivity contribution in [3.63, 3.8) is 0 Å². The third kappa shape index (κ3) is 3.10. The van der Waals surface area contributed by atoms with Crippen molar-refractivity contribution in [2.45, 2.75) is 45.3 Å². The molecule has 0 spiro atoms. The Balaban J connectivity index is 1.96. The van der Waals surface area contributed by atoms with E-state index in [1.807, 2.05) is 45.0 Å². The monoisotopic (exact) mass is 248 g/mol. The number of hydrogen-bond donors (Lipinski definition) is 1. The molecule has 1 aromatic carbocycles. The third-order valence-corrected chi connectivity index (χ3v) is 3.09. The molecule has 0 heterocycles. The SMILES string of the molecule is CC(C)(C)OC(=O)[C@@H]1C[C@H]1c1ccc(CO)cc1. The van der Waals surface area contributed by atoms with Gasteiger partial charge < -0.3 is 9.84 Å². The van der Waals surface area contributed by atoms with Crippen molar-refractivity contribution in [1.82, 2.24) is 0 Å². The van der Waals surface area contributed by atoms with Gasteiger partial charge in [0.1, 0.15) is 5.60 Å². The second-order valence-electron chi connectivity index (χ2n) is 5.88. The first-order valence-electron chi connectivity index (χ1n) is 6.33. The summed E-state index contributed by atoms with van der Waals surface area (Å²) in [5.41, 5.74) is 1.64. The second-order valence-corrected chi connectivity index (χ2v) is 5.88. The van der Waals surface area contributed by atoms with E-state index in [2.05, 4.69) is 0 Å². The van der Waals surface area contributed by atoms with Crippen molar-refractivity contribution in [1.29, 1.82) is 0 Å². The lowest BCUT2D eigenvalue weighted by Gasteiger charge is -2.19. The van der Waals surface area contributed by atoms with E-state index >= 15 is 0 Å². The van der Waals surface area contributed by atoms with Gasteiger partial charge >= 0.3 is 5.97 Å². The van der Waals surface area contributed by atoms with E-state index < -0.39 is 5.60 Å². The van der Waals surface area contributed by atoms with Crippen molar-refractivity contribution in [3.8, 4) is 0 Å².